The van der Waals surface area contributed by atoms with E-state index in [9.17, 15) is 4.79 Å². The summed E-state index contributed by atoms with van der Waals surface area (Å²) in [5.74, 6) is 1.77. The standard InChI is InChI=1S/C11H24N2O2S/c1-2-3-5-10(12)11(15)13-6-9-16-8-4-7-14/h10,14H,2-9,12H2,1H3,(H,13,15). The third-order valence-corrected chi connectivity index (χ3v) is 3.27. The quantitative estimate of drug-likeness (QED) is 0.498. The van der Waals surface area contributed by atoms with Gasteiger partial charge in [0.25, 0.3) is 0 Å². The summed E-state index contributed by atoms with van der Waals surface area (Å²) in [6.45, 7) is 2.98. The summed E-state index contributed by atoms with van der Waals surface area (Å²) in [6, 6.07) is -0.359. The number of nitrogens with two attached hydrogens (primary N) is 1. The fourth-order valence-corrected chi connectivity index (χ4v) is 1.99. The van der Waals surface area contributed by atoms with E-state index in [1.54, 1.807) is 11.8 Å². The van der Waals surface area contributed by atoms with Gasteiger partial charge in [-0.15, -0.1) is 0 Å². The van der Waals surface area contributed by atoms with Crippen molar-refractivity contribution in [2.75, 3.05) is 24.7 Å². The summed E-state index contributed by atoms with van der Waals surface area (Å²) in [6.07, 6.45) is 3.65. The molecule has 0 spiro atoms. The average Bonchev–Trinajstić information content (AvgIpc) is 2.30. The highest BCUT2D eigenvalue weighted by Gasteiger charge is 2.11. The van der Waals surface area contributed by atoms with Crippen LogP contribution in [0, 0.1) is 0 Å². The van der Waals surface area contributed by atoms with Crippen LogP contribution in [0.15, 0.2) is 0 Å². The third kappa shape index (κ3) is 9.00. The highest BCUT2D eigenvalue weighted by atomic mass is 32.2. The molecule has 1 atom stereocenters. The SMILES string of the molecule is CCCCC(N)C(=O)NCCSCCCO. The number of amides is 1. The molecule has 0 aliphatic carbocycles. The van der Waals surface area contributed by atoms with Crippen LogP contribution in [-0.2, 0) is 4.79 Å². The van der Waals surface area contributed by atoms with Gasteiger partial charge in [0.1, 0.15) is 0 Å². The first kappa shape index (κ1) is 15.7. The van der Waals surface area contributed by atoms with Crippen molar-refractivity contribution in [1.29, 1.82) is 0 Å². The Morgan fingerprint density at radius 3 is 2.81 bits per heavy atom. The van der Waals surface area contributed by atoms with Crippen LogP contribution in [0.25, 0.3) is 0 Å². The number of carbonyl (C=O) groups excluding carboxylic acids is 1. The zero-order valence-electron chi connectivity index (χ0n) is 10.1. The summed E-state index contributed by atoms with van der Waals surface area (Å²) in [5.41, 5.74) is 5.71. The Morgan fingerprint density at radius 2 is 2.19 bits per heavy atom. The summed E-state index contributed by atoms with van der Waals surface area (Å²) < 4.78 is 0. The number of aliphatic hydroxyl groups is 1. The smallest absolute Gasteiger partial charge is 0.236 e. The lowest BCUT2D eigenvalue weighted by atomic mass is 10.1. The van der Waals surface area contributed by atoms with Crippen LogP contribution in [0.3, 0.4) is 0 Å². The van der Waals surface area contributed by atoms with E-state index in [0.717, 1.165) is 37.2 Å². The van der Waals surface area contributed by atoms with E-state index in [1.165, 1.54) is 0 Å². The van der Waals surface area contributed by atoms with Crippen molar-refractivity contribution < 1.29 is 9.90 Å². The number of thioether (sulfide) groups is 1. The second-order valence-corrected chi connectivity index (χ2v) is 4.95. The molecular formula is C11H24N2O2S. The molecule has 4 N–H and O–H groups in total. The van der Waals surface area contributed by atoms with Gasteiger partial charge in [-0.1, -0.05) is 19.8 Å². The molecule has 0 aromatic carbocycles. The normalized spacial score (nSPS) is 12.4. The molecular weight excluding hydrogens is 224 g/mol. The first-order valence-electron chi connectivity index (χ1n) is 5.94. The van der Waals surface area contributed by atoms with Crippen LogP contribution in [-0.4, -0.2) is 41.7 Å². The van der Waals surface area contributed by atoms with Crippen molar-refractivity contribution in [3.8, 4) is 0 Å². The Labute approximate surface area is 102 Å². The maximum Gasteiger partial charge on any atom is 0.236 e. The monoisotopic (exact) mass is 248 g/mol. The largest absolute Gasteiger partial charge is 0.396 e. The fraction of sp³-hybridized carbons (Fsp3) is 0.909. The maximum absolute atomic E-state index is 11.5. The van der Waals surface area contributed by atoms with Gasteiger partial charge in [-0.05, 0) is 18.6 Å². The van der Waals surface area contributed by atoms with Crippen LogP contribution < -0.4 is 11.1 Å². The van der Waals surface area contributed by atoms with Crippen molar-refractivity contribution >= 4 is 17.7 Å². The number of carbonyl (C=O) groups is 1. The van der Waals surface area contributed by atoms with Crippen LogP contribution in [0.4, 0.5) is 0 Å². The molecule has 0 fully saturated rings. The van der Waals surface area contributed by atoms with Gasteiger partial charge in [-0.3, -0.25) is 4.79 Å². The van der Waals surface area contributed by atoms with E-state index in [-0.39, 0.29) is 18.6 Å². The zero-order chi connectivity index (χ0) is 12.2. The third-order valence-electron chi connectivity index (χ3n) is 2.20. The lowest BCUT2D eigenvalue weighted by molar-refractivity contribution is -0.122. The molecule has 0 aromatic heterocycles. The first-order chi connectivity index (χ1) is 7.72. The van der Waals surface area contributed by atoms with Crippen molar-refractivity contribution in [2.24, 2.45) is 5.73 Å². The van der Waals surface area contributed by atoms with E-state index in [1.807, 2.05) is 0 Å². The Kier molecular flexibility index (Phi) is 11.0. The first-order valence-corrected chi connectivity index (χ1v) is 7.09. The van der Waals surface area contributed by atoms with E-state index in [4.69, 9.17) is 10.8 Å². The Balaban J connectivity index is 3.35. The minimum atomic E-state index is -0.359. The van der Waals surface area contributed by atoms with Crippen LogP contribution in [0.1, 0.15) is 32.6 Å². The lowest BCUT2D eigenvalue weighted by Gasteiger charge is -2.11. The van der Waals surface area contributed by atoms with Gasteiger partial charge >= 0.3 is 0 Å². The molecule has 0 radical (unpaired) electrons. The molecule has 0 heterocycles. The van der Waals surface area contributed by atoms with E-state index in [0.29, 0.717) is 6.54 Å². The number of hydrogen-bond acceptors (Lipinski definition) is 4. The van der Waals surface area contributed by atoms with Crippen molar-refractivity contribution in [3.63, 3.8) is 0 Å². The molecule has 5 heteroatoms. The molecule has 1 amide bonds. The van der Waals surface area contributed by atoms with Gasteiger partial charge in [-0.2, -0.15) is 11.8 Å². The van der Waals surface area contributed by atoms with E-state index < -0.39 is 0 Å². The van der Waals surface area contributed by atoms with Gasteiger partial charge in [0.2, 0.25) is 5.91 Å². The number of hydrogen-bond donors (Lipinski definition) is 3. The molecule has 0 saturated heterocycles. The van der Waals surface area contributed by atoms with E-state index in [2.05, 4.69) is 12.2 Å². The van der Waals surface area contributed by atoms with Crippen molar-refractivity contribution in [2.45, 2.75) is 38.6 Å². The van der Waals surface area contributed by atoms with Gasteiger partial charge in [0, 0.05) is 18.9 Å². The Bertz CT molecular complexity index is 179. The Hall–Kier alpha value is -0.260. The summed E-state index contributed by atoms with van der Waals surface area (Å²) in [4.78, 5) is 11.5. The van der Waals surface area contributed by atoms with Gasteiger partial charge < -0.3 is 16.2 Å². The minimum absolute atomic E-state index is 0.0452. The fourth-order valence-electron chi connectivity index (χ4n) is 1.20. The molecule has 0 bridgehead atoms. The molecule has 16 heavy (non-hydrogen) atoms. The molecule has 1 unspecified atom stereocenters. The predicted octanol–water partition coefficient (Wildman–Crippen LogP) is 0.736. The van der Waals surface area contributed by atoms with Gasteiger partial charge in [-0.25, -0.2) is 0 Å². The molecule has 4 nitrogen and oxygen atoms in total. The van der Waals surface area contributed by atoms with Gasteiger partial charge in [0.05, 0.1) is 6.04 Å². The number of unbranched alkanes of at least 4 members (excludes halogenated alkanes) is 1. The summed E-state index contributed by atoms with van der Waals surface area (Å²) >= 11 is 1.73. The highest BCUT2D eigenvalue weighted by Crippen LogP contribution is 2.01. The topological polar surface area (TPSA) is 75.4 Å². The van der Waals surface area contributed by atoms with Crippen LogP contribution in [0.2, 0.25) is 0 Å². The molecule has 0 aliphatic rings. The van der Waals surface area contributed by atoms with Crippen LogP contribution >= 0.6 is 11.8 Å². The maximum atomic E-state index is 11.5. The second kappa shape index (κ2) is 11.2. The van der Waals surface area contributed by atoms with E-state index >= 15 is 0 Å². The molecule has 0 saturated carbocycles. The Morgan fingerprint density at radius 1 is 1.44 bits per heavy atom. The molecule has 0 aliphatic heterocycles. The van der Waals surface area contributed by atoms with Crippen molar-refractivity contribution in [3.05, 3.63) is 0 Å². The number of nitrogens with one attached hydrogen (secondary N) is 1. The zero-order valence-corrected chi connectivity index (χ0v) is 10.9. The van der Waals surface area contributed by atoms with Crippen molar-refractivity contribution in [1.82, 2.24) is 5.32 Å². The second-order valence-electron chi connectivity index (χ2n) is 3.73. The average molecular weight is 248 g/mol. The summed E-state index contributed by atoms with van der Waals surface area (Å²) in [5, 5.41) is 11.4. The highest BCUT2D eigenvalue weighted by molar-refractivity contribution is 7.99. The number of rotatable bonds is 10. The van der Waals surface area contributed by atoms with Crippen LogP contribution in [0.5, 0.6) is 0 Å². The van der Waals surface area contributed by atoms with Gasteiger partial charge in [0.15, 0.2) is 0 Å². The predicted molar refractivity (Wildman–Crippen MR) is 69.5 cm³/mol. The number of aliphatic hydroxyl groups excluding tert-OH is 1. The molecule has 0 rings (SSSR count). The lowest BCUT2D eigenvalue weighted by Crippen LogP contribution is -2.41. The summed E-state index contributed by atoms with van der Waals surface area (Å²) in [7, 11) is 0. The minimum Gasteiger partial charge on any atom is -0.396 e. The molecule has 0 aromatic rings. The molecule has 96 valence electrons.